The van der Waals surface area contributed by atoms with Crippen molar-refractivity contribution in [2.45, 2.75) is 13.8 Å². The van der Waals surface area contributed by atoms with E-state index in [1.54, 1.807) is 86.5 Å². The zero-order valence-electron chi connectivity index (χ0n) is 72.7. The van der Waals surface area contributed by atoms with Crippen LogP contribution in [0.1, 0.15) is 11.1 Å². The first-order valence-corrected chi connectivity index (χ1v) is 43.3. The van der Waals surface area contributed by atoms with Crippen molar-refractivity contribution in [1.82, 2.24) is 94.7 Å². The average Bonchev–Trinajstić information content (AvgIpc) is 0.730. The summed E-state index contributed by atoms with van der Waals surface area (Å²) in [7, 11) is 0. The Morgan fingerprint density at radius 2 is 0.526 bits per heavy atom. The third-order valence-electron chi connectivity index (χ3n) is 22.8. The summed E-state index contributed by atoms with van der Waals surface area (Å²) in [6, 6.07) is 92.4. The van der Waals surface area contributed by atoms with Gasteiger partial charge in [0.25, 0.3) is 0 Å². The van der Waals surface area contributed by atoms with Crippen molar-refractivity contribution in [3.8, 4) is 202 Å². The van der Waals surface area contributed by atoms with E-state index in [2.05, 4.69) is 151 Å². The van der Waals surface area contributed by atoms with Crippen LogP contribution in [-0.2, 0) is 0 Å². The van der Waals surface area contributed by atoms with E-state index in [0.29, 0.717) is 39.9 Å². The highest BCUT2D eigenvalue weighted by Gasteiger charge is 2.28. The molecule has 0 saturated heterocycles. The molecule has 17 heterocycles. The van der Waals surface area contributed by atoms with Gasteiger partial charge in [0, 0.05) is 231 Å². The Balaban J connectivity index is 0.000000126. The maximum atomic E-state index is 14.0. The van der Waals surface area contributed by atoms with Crippen LogP contribution in [0.3, 0.4) is 0 Å². The molecule has 0 aliphatic carbocycles. The molecule has 638 valence electrons. The molecule has 0 aliphatic heterocycles. The molecule has 0 saturated carbocycles. The van der Waals surface area contributed by atoms with E-state index >= 15 is 0 Å². The molecule has 0 radical (unpaired) electrons. The predicted molar refractivity (Wildman–Crippen MR) is 528 cm³/mol. The monoisotopic (exact) mass is 1740 g/mol. The number of hydrogen-bond acceptors (Lipinski definition) is 19. The number of benzene rings is 5. The highest BCUT2D eigenvalue weighted by Crippen LogP contribution is 2.48. The Morgan fingerprint density at radius 1 is 0.215 bits per heavy atom. The Morgan fingerprint density at radius 3 is 0.919 bits per heavy atom. The Kier molecular flexibility index (Phi) is 24.4. The van der Waals surface area contributed by atoms with Crippen molar-refractivity contribution in [3.63, 3.8) is 0 Å². The fraction of sp³-hybridized carbons (Fsp3) is 0.0175. The molecule has 0 atom stereocenters. The van der Waals surface area contributed by atoms with E-state index in [1.165, 1.54) is 6.07 Å². The highest BCUT2D eigenvalue weighted by atomic mass is 19.1. The van der Waals surface area contributed by atoms with Gasteiger partial charge in [-0.3, -0.25) is 69.8 Å². The second-order valence-electron chi connectivity index (χ2n) is 31.6. The number of pyridine rings is 16. The van der Waals surface area contributed by atoms with Crippen LogP contribution < -0.4 is 0 Å². The first kappa shape index (κ1) is 84.4. The normalized spacial score (nSPS) is 10.9. The van der Waals surface area contributed by atoms with Crippen LogP contribution in [0.25, 0.3) is 218 Å². The molecule has 0 aliphatic rings. The minimum Gasteiger partial charge on any atom is -0.264 e. The third-order valence-corrected chi connectivity index (χ3v) is 22.8. The SMILES string of the molecule is Cc1c(-c2ccccn2)c(-c2cccc(-c3cccnc3)n2)c(C)c(-c2cccc(-c3cccnc3)n2)c1-c1ccccn1.Fc1ccc2c(-c3cncc(-c4cc(-c5cncc(-c6ccccn6)c5)cc(-c5cncc(-c6ccccn6)c5)c4)c3)cccc2c1.[C-]#[N+]c1cccc(-c2cncc(-c3nc(-c4cncc(-c5ccccn5)c4)nc(-c4cncc(-c5ccccn5)c4)n3)c2)c1. The molecule has 135 heavy (non-hydrogen) atoms. The van der Waals surface area contributed by atoms with E-state index in [0.717, 1.165) is 190 Å². The molecular formula is C114H75FN20. The second-order valence-corrected chi connectivity index (χ2v) is 31.6. The summed E-state index contributed by atoms with van der Waals surface area (Å²) in [6.07, 6.45) is 39.6. The molecule has 0 N–H and O–H groups in total. The topological polar surface area (TPSA) is 249 Å². The van der Waals surface area contributed by atoms with Gasteiger partial charge >= 0.3 is 0 Å². The molecular weight excluding hydrogens is 1670 g/mol. The molecule has 0 spiro atoms. The van der Waals surface area contributed by atoms with E-state index in [9.17, 15) is 4.39 Å². The minimum atomic E-state index is -0.255. The zero-order chi connectivity index (χ0) is 91.2. The minimum absolute atomic E-state index is 0.255. The molecule has 0 fully saturated rings. The van der Waals surface area contributed by atoms with Crippen LogP contribution in [-0.4, -0.2) is 94.7 Å². The Labute approximate surface area is 776 Å². The first-order chi connectivity index (χ1) is 66.6. The molecule has 5 aromatic carbocycles. The lowest BCUT2D eigenvalue weighted by atomic mass is 9.82. The number of halogens is 1. The quantitative estimate of drug-likeness (QED) is 0.0724. The van der Waals surface area contributed by atoms with Crippen molar-refractivity contribution in [1.29, 1.82) is 0 Å². The summed E-state index contributed by atoms with van der Waals surface area (Å²) in [5.74, 6) is 1.07. The van der Waals surface area contributed by atoms with Crippen LogP contribution >= 0.6 is 0 Å². The molecule has 21 heteroatoms. The summed E-state index contributed by atoms with van der Waals surface area (Å²) in [5.41, 5.74) is 32.3. The fourth-order valence-corrected chi connectivity index (χ4v) is 16.4. The highest BCUT2D eigenvalue weighted by molar-refractivity contribution is 6.00. The maximum Gasteiger partial charge on any atom is 0.187 e. The standard InChI is InChI=1S/C41H26FN5.C38H28N6.C35H21N9/c42-37-10-11-39-27(20-37)6-5-7-38(39)34-17-31(21-43-24-34)28-14-29(32-18-35(25-44-22-32)40-8-1-3-12-46-40)16-30(15-28)33-19-36(26-45-23-33)41-9-2-4-13-47-41;1-25-35(31-13-3-5-21-41-31)37(33-17-7-15-29(43-33)27-11-9-19-39-23-27)26(2)38(36(25)32-14-4-6-22-42-32)34-18-8-16-30(44-34)28-12-10-20-40-24-28;1-36-30-8-6-7-23(16-30)24-13-27(20-37-17-24)33-42-34(28-14-25(18-38-21-28)31-9-2-4-11-40-31)44-35(43-33)29-15-26(19-39-22-29)32-10-3-5-12-41-32/h1-26H;3-24H,1-2H3;2-22H. The van der Waals surface area contributed by atoms with Crippen LogP contribution in [0.2, 0.25) is 0 Å². The van der Waals surface area contributed by atoms with Crippen LogP contribution in [0.5, 0.6) is 0 Å². The fourth-order valence-electron chi connectivity index (χ4n) is 16.4. The van der Waals surface area contributed by atoms with Crippen LogP contribution in [0, 0.1) is 26.2 Å². The lowest BCUT2D eigenvalue weighted by Gasteiger charge is -2.24. The zero-order valence-corrected chi connectivity index (χ0v) is 72.7. The Bertz CT molecular complexity index is 7740. The van der Waals surface area contributed by atoms with Crippen LogP contribution in [0.15, 0.2) is 421 Å². The van der Waals surface area contributed by atoms with Crippen molar-refractivity contribution in [2.75, 3.05) is 0 Å². The van der Waals surface area contributed by atoms with Gasteiger partial charge in [0.1, 0.15) is 5.82 Å². The van der Waals surface area contributed by atoms with Gasteiger partial charge in [-0.15, -0.1) is 0 Å². The largest absolute Gasteiger partial charge is 0.264 e. The number of fused-ring (bicyclic) bond motifs is 1. The summed E-state index contributed by atoms with van der Waals surface area (Å²) in [4.78, 5) is 92.1. The van der Waals surface area contributed by atoms with Gasteiger partial charge in [-0.1, -0.05) is 91.0 Å². The molecule has 20 nitrogen and oxygen atoms in total. The van der Waals surface area contributed by atoms with Gasteiger partial charge in [0.15, 0.2) is 23.2 Å². The van der Waals surface area contributed by atoms with E-state index in [-0.39, 0.29) is 5.82 Å². The smallest absolute Gasteiger partial charge is 0.187 e. The van der Waals surface area contributed by atoms with E-state index in [1.807, 2.05) is 256 Å². The van der Waals surface area contributed by atoms with Gasteiger partial charge in [0.2, 0.25) is 0 Å². The molecule has 0 unspecified atom stereocenters. The van der Waals surface area contributed by atoms with Crippen molar-refractivity contribution in [3.05, 3.63) is 450 Å². The van der Waals surface area contributed by atoms with Crippen molar-refractivity contribution >= 4 is 16.5 Å². The number of nitrogens with zero attached hydrogens (tertiary/aromatic N) is 20. The van der Waals surface area contributed by atoms with Gasteiger partial charge in [-0.05, 0) is 263 Å². The van der Waals surface area contributed by atoms with Crippen molar-refractivity contribution in [2.24, 2.45) is 0 Å². The summed E-state index contributed by atoms with van der Waals surface area (Å²) >= 11 is 0. The first-order valence-electron chi connectivity index (χ1n) is 43.3. The molecule has 22 aromatic rings. The number of hydrogen-bond donors (Lipinski definition) is 0. The second kappa shape index (κ2) is 39.0. The van der Waals surface area contributed by atoms with Gasteiger partial charge in [-0.25, -0.2) is 34.2 Å². The summed E-state index contributed by atoms with van der Waals surface area (Å²) < 4.78 is 14.0. The molecule has 22 rings (SSSR count). The lowest BCUT2D eigenvalue weighted by Crippen LogP contribution is -2.04. The van der Waals surface area contributed by atoms with Gasteiger partial charge in [-0.2, -0.15) is 0 Å². The van der Waals surface area contributed by atoms with E-state index < -0.39 is 0 Å². The van der Waals surface area contributed by atoms with Crippen molar-refractivity contribution < 1.29 is 4.39 Å². The van der Waals surface area contributed by atoms with Gasteiger partial charge in [0.05, 0.1) is 63.5 Å². The number of rotatable bonds is 18. The summed E-state index contributed by atoms with van der Waals surface area (Å²) in [6.45, 7) is 11.7. The molecule has 17 aromatic heterocycles. The molecule has 0 bridgehead atoms. The Hall–Kier alpha value is -18.8. The van der Waals surface area contributed by atoms with Crippen LogP contribution in [0.4, 0.5) is 10.1 Å². The third kappa shape index (κ3) is 18.8. The maximum absolute atomic E-state index is 14.0. The molecule has 0 amide bonds. The lowest BCUT2D eigenvalue weighted by molar-refractivity contribution is 0.630. The van der Waals surface area contributed by atoms with E-state index in [4.69, 9.17) is 41.5 Å². The predicted octanol–water partition coefficient (Wildman–Crippen LogP) is 26.0. The summed E-state index contributed by atoms with van der Waals surface area (Å²) in [5, 5.41) is 1.81. The number of aromatic nitrogens is 19. The average molecular weight is 1740 g/mol. The van der Waals surface area contributed by atoms with Gasteiger partial charge < -0.3 is 0 Å².